The fraction of sp³-hybridized carbons (Fsp3) is 0.167. The lowest BCUT2D eigenvalue weighted by atomic mass is 10.1. The van der Waals surface area contributed by atoms with Gasteiger partial charge in [-0.3, -0.25) is 15.2 Å². The van der Waals surface area contributed by atoms with Gasteiger partial charge in [0.1, 0.15) is 17.3 Å². The zero-order chi connectivity index (χ0) is 20.1. The summed E-state index contributed by atoms with van der Waals surface area (Å²) in [4.78, 5) is 26.2. The molecule has 0 saturated carbocycles. The van der Waals surface area contributed by atoms with Crippen LogP contribution in [0.1, 0.15) is 24.9 Å². The van der Waals surface area contributed by atoms with E-state index >= 15 is 0 Å². The van der Waals surface area contributed by atoms with Crippen molar-refractivity contribution in [2.24, 2.45) is 0 Å². The lowest BCUT2D eigenvalue weighted by Gasteiger charge is -2.04. The molecular formula is C18H15N4O5S-. The molecule has 2 heterocycles. The van der Waals surface area contributed by atoms with Crippen LogP contribution in [0, 0.1) is 10.1 Å². The molecule has 3 rings (SSSR count). The van der Waals surface area contributed by atoms with E-state index in [0.717, 1.165) is 18.2 Å². The third-order valence-corrected chi connectivity index (χ3v) is 4.54. The molecule has 9 nitrogen and oxygen atoms in total. The van der Waals surface area contributed by atoms with Crippen LogP contribution in [0.15, 0.2) is 50.9 Å². The second-order valence-electron chi connectivity index (χ2n) is 5.69. The number of aromatic amines is 1. The number of carboxylic acid groups (broad SMARTS) is 1. The average Bonchev–Trinajstić information content (AvgIpc) is 3.31. The first-order valence-electron chi connectivity index (χ1n) is 8.33. The smallest absolute Gasteiger partial charge is 0.280 e. The predicted molar refractivity (Wildman–Crippen MR) is 100 cm³/mol. The molecule has 0 atom stereocenters. The minimum Gasteiger partial charge on any atom is -0.544 e. The quantitative estimate of drug-likeness (QED) is 0.264. The van der Waals surface area contributed by atoms with Crippen molar-refractivity contribution < 1.29 is 19.2 Å². The molecule has 0 aliphatic rings. The summed E-state index contributed by atoms with van der Waals surface area (Å²) < 4.78 is 5.59. The average molecular weight is 399 g/mol. The van der Waals surface area contributed by atoms with Gasteiger partial charge >= 0.3 is 0 Å². The summed E-state index contributed by atoms with van der Waals surface area (Å²) in [6.45, 7) is 1.99. The normalized spacial score (nSPS) is 11.5. The van der Waals surface area contributed by atoms with Gasteiger partial charge in [0.15, 0.2) is 0 Å². The predicted octanol–water partition coefficient (Wildman–Crippen LogP) is 2.81. The fourth-order valence-corrected chi connectivity index (χ4v) is 3.15. The van der Waals surface area contributed by atoms with E-state index in [-0.39, 0.29) is 27.3 Å². The van der Waals surface area contributed by atoms with Gasteiger partial charge in [0.25, 0.3) is 5.69 Å². The number of aromatic nitrogens is 3. The molecule has 144 valence electrons. The zero-order valence-electron chi connectivity index (χ0n) is 14.7. The Morgan fingerprint density at radius 1 is 1.32 bits per heavy atom. The lowest BCUT2D eigenvalue weighted by Crippen LogP contribution is -2.23. The Labute approximate surface area is 163 Å². The number of nitro benzene ring substituents is 1. The van der Waals surface area contributed by atoms with Crippen LogP contribution in [-0.4, -0.2) is 26.1 Å². The summed E-state index contributed by atoms with van der Waals surface area (Å²) in [5.74, 6) is -0.275. The molecule has 1 aromatic carbocycles. The Bertz CT molecular complexity index is 1040. The minimum atomic E-state index is -1.41. The number of nitro groups is 1. The van der Waals surface area contributed by atoms with Crippen molar-refractivity contribution >= 4 is 29.5 Å². The highest BCUT2D eigenvalue weighted by Gasteiger charge is 2.17. The molecular weight excluding hydrogens is 384 g/mol. The van der Waals surface area contributed by atoms with Gasteiger partial charge in [-0.25, -0.2) is 4.98 Å². The molecule has 10 heteroatoms. The Kier molecular flexibility index (Phi) is 5.90. The number of nitrogens with one attached hydrogen (secondary N) is 1. The van der Waals surface area contributed by atoms with Crippen molar-refractivity contribution in [1.29, 1.82) is 0 Å². The second-order valence-corrected chi connectivity index (χ2v) is 6.70. The number of hydrogen-bond donors (Lipinski definition) is 1. The standard InChI is InChI=1S/C18H16N4O5S/c1-2-5-16-19-18(21-20-16)28-15(17(23)24)10-11-8-9-14(27-11)12-6-3-4-7-13(12)22(25)26/h3-4,6-10H,2,5H2,1H3,(H,23,24)(H,19,20,21)/p-1/b15-10+. The number of H-pyrrole nitrogens is 1. The third kappa shape index (κ3) is 4.46. The van der Waals surface area contributed by atoms with Gasteiger partial charge in [0.2, 0.25) is 5.16 Å². The summed E-state index contributed by atoms with van der Waals surface area (Å²) in [6, 6.07) is 9.20. The number of benzene rings is 1. The number of rotatable bonds is 8. The van der Waals surface area contributed by atoms with E-state index in [1.54, 1.807) is 18.2 Å². The highest BCUT2D eigenvalue weighted by atomic mass is 32.2. The number of carboxylic acids is 1. The van der Waals surface area contributed by atoms with E-state index in [1.807, 2.05) is 6.92 Å². The van der Waals surface area contributed by atoms with Crippen molar-refractivity contribution in [1.82, 2.24) is 15.2 Å². The number of thioether (sulfide) groups is 1. The monoisotopic (exact) mass is 399 g/mol. The van der Waals surface area contributed by atoms with Crippen LogP contribution in [-0.2, 0) is 11.2 Å². The summed E-state index contributed by atoms with van der Waals surface area (Å²) in [5.41, 5.74) is 0.194. The van der Waals surface area contributed by atoms with E-state index in [4.69, 9.17) is 4.42 Å². The Morgan fingerprint density at radius 3 is 2.82 bits per heavy atom. The summed E-state index contributed by atoms with van der Waals surface area (Å²) in [5, 5.41) is 29.6. The molecule has 0 aliphatic carbocycles. The van der Waals surface area contributed by atoms with E-state index in [9.17, 15) is 20.0 Å². The van der Waals surface area contributed by atoms with Gasteiger partial charge in [-0.05, 0) is 42.5 Å². The highest BCUT2D eigenvalue weighted by molar-refractivity contribution is 8.04. The SMILES string of the molecule is CCCc1nc(S/C(=C/c2ccc(-c3ccccc3[N+](=O)[O-])o2)C(=O)[O-])n[nH]1. The van der Waals surface area contributed by atoms with E-state index in [2.05, 4.69) is 15.2 Å². The number of furan rings is 1. The molecule has 3 aromatic rings. The highest BCUT2D eigenvalue weighted by Crippen LogP contribution is 2.32. The van der Waals surface area contributed by atoms with Gasteiger partial charge in [-0.1, -0.05) is 19.1 Å². The van der Waals surface area contributed by atoms with Gasteiger partial charge in [0, 0.05) is 17.4 Å². The Balaban J connectivity index is 1.87. The molecule has 1 N–H and O–H groups in total. The largest absolute Gasteiger partial charge is 0.544 e. The van der Waals surface area contributed by atoms with E-state index < -0.39 is 10.9 Å². The van der Waals surface area contributed by atoms with Crippen molar-refractivity contribution in [2.45, 2.75) is 24.9 Å². The number of carbonyl (C=O) groups is 1. The molecule has 2 aromatic heterocycles. The van der Waals surface area contributed by atoms with Gasteiger partial charge in [0.05, 0.1) is 16.5 Å². The molecule has 0 saturated heterocycles. The zero-order valence-corrected chi connectivity index (χ0v) is 15.6. The van der Waals surface area contributed by atoms with Gasteiger partial charge in [-0.15, -0.1) is 5.10 Å². The lowest BCUT2D eigenvalue weighted by molar-refractivity contribution is -0.384. The van der Waals surface area contributed by atoms with Crippen molar-refractivity contribution in [3.05, 3.63) is 63.0 Å². The first-order chi connectivity index (χ1) is 13.5. The van der Waals surface area contributed by atoms with Gasteiger partial charge < -0.3 is 14.3 Å². The van der Waals surface area contributed by atoms with Crippen LogP contribution in [0.5, 0.6) is 0 Å². The molecule has 0 aliphatic heterocycles. The number of carbonyl (C=O) groups excluding carboxylic acids is 1. The van der Waals surface area contributed by atoms with Crippen LogP contribution in [0.2, 0.25) is 0 Å². The number of aryl methyl sites for hydroxylation is 1. The van der Waals surface area contributed by atoms with Crippen LogP contribution < -0.4 is 5.11 Å². The summed E-state index contributed by atoms with van der Waals surface area (Å²) in [6.07, 6.45) is 2.85. The Morgan fingerprint density at radius 2 is 2.11 bits per heavy atom. The van der Waals surface area contributed by atoms with Crippen LogP contribution >= 0.6 is 11.8 Å². The Hall–Kier alpha value is -3.40. The summed E-state index contributed by atoms with van der Waals surface area (Å²) in [7, 11) is 0. The molecule has 0 bridgehead atoms. The maximum Gasteiger partial charge on any atom is 0.280 e. The maximum absolute atomic E-state index is 11.5. The van der Waals surface area contributed by atoms with Crippen molar-refractivity contribution in [3.63, 3.8) is 0 Å². The summed E-state index contributed by atoms with van der Waals surface area (Å²) >= 11 is 0.829. The number of hydrogen-bond acceptors (Lipinski definition) is 8. The minimum absolute atomic E-state index is 0.106. The van der Waals surface area contributed by atoms with E-state index in [0.29, 0.717) is 17.8 Å². The van der Waals surface area contributed by atoms with Crippen LogP contribution in [0.3, 0.4) is 0 Å². The first-order valence-corrected chi connectivity index (χ1v) is 9.15. The van der Waals surface area contributed by atoms with Crippen LogP contribution in [0.4, 0.5) is 5.69 Å². The fourth-order valence-electron chi connectivity index (χ4n) is 2.45. The number of para-hydroxylation sites is 1. The topological polar surface area (TPSA) is 138 Å². The van der Waals surface area contributed by atoms with E-state index in [1.165, 1.54) is 24.3 Å². The third-order valence-electron chi connectivity index (χ3n) is 3.67. The first kappa shape index (κ1) is 19.4. The second kappa shape index (κ2) is 8.53. The molecule has 0 fully saturated rings. The molecule has 28 heavy (non-hydrogen) atoms. The van der Waals surface area contributed by atoms with Crippen molar-refractivity contribution in [2.75, 3.05) is 0 Å². The van der Waals surface area contributed by atoms with Gasteiger partial charge in [-0.2, -0.15) is 0 Å². The van der Waals surface area contributed by atoms with Crippen LogP contribution in [0.25, 0.3) is 17.4 Å². The molecule has 0 amide bonds. The maximum atomic E-state index is 11.5. The number of aliphatic carboxylic acids is 1. The molecule has 0 radical (unpaired) electrons. The van der Waals surface area contributed by atoms with Crippen molar-refractivity contribution in [3.8, 4) is 11.3 Å². The number of nitrogens with zero attached hydrogens (tertiary/aromatic N) is 3. The molecule has 0 unspecified atom stereocenters. The molecule has 0 spiro atoms.